The van der Waals surface area contributed by atoms with E-state index in [9.17, 15) is 4.79 Å². The fourth-order valence-corrected chi connectivity index (χ4v) is 4.15. The predicted octanol–water partition coefficient (Wildman–Crippen LogP) is 3.24. The summed E-state index contributed by atoms with van der Waals surface area (Å²) in [6.07, 6.45) is 2.54. The quantitative estimate of drug-likeness (QED) is 0.235. The lowest BCUT2D eigenvalue weighted by Gasteiger charge is -2.26. The number of amides is 1. The molecule has 1 amide bonds. The van der Waals surface area contributed by atoms with Crippen LogP contribution in [-0.2, 0) is 11.3 Å². The summed E-state index contributed by atoms with van der Waals surface area (Å²) in [6, 6.07) is 19.0. The number of carbonyl (C=O) groups excluding carboxylic acids is 1. The zero-order chi connectivity index (χ0) is 25.6. The first kappa shape index (κ1) is 24.2. The minimum atomic E-state index is -0.496. The number of hydrogen-bond donors (Lipinski definition) is 5. The largest absolute Gasteiger partial charge is 0.394 e. The molecule has 37 heavy (non-hydrogen) atoms. The topological polar surface area (TPSA) is 145 Å². The number of nitrogens with two attached hydrogens (primary N) is 1. The number of rotatable bonds is 8. The van der Waals surface area contributed by atoms with Gasteiger partial charge in [0.25, 0.3) is 5.91 Å². The van der Waals surface area contributed by atoms with Crippen LogP contribution < -0.4 is 16.4 Å². The molecule has 5 rings (SSSR count). The minimum absolute atomic E-state index is 0.119. The van der Waals surface area contributed by atoms with Gasteiger partial charge in [-0.25, -0.2) is 9.97 Å². The number of hydrogen-bond acceptors (Lipinski definition) is 8. The summed E-state index contributed by atoms with van der Waals surface area (Å²) in [5, 5.41) is 13.8. The molecule has 188 valence electrons. The molecule has 0 aliphatic carbocycles. The Hall–Kier alpha value is -4.54. The van der Waals surface area contributed by atoms with Crippen molar-refractivity contribution in [3.8, 4) is 0 Å². The van der Waals surface area contributed by atoms with Gasteiger partial charge in [0.2, 0.25) is 0 Å². The van der Waals surface area contributed by atoms with E-state index < -0.39 is 5.91 Å². The van der Waals surface area contributed by atoms with Gasteiger partial charge >= 0.3 is 0 Å². The molecule has 6 N–H and O–H groups in total. The Balaban J connectivity index is 1.36. The predicted molar refractivity (Wildman–Crippen MR) is 144 cm³/mol. The number of benzene rings is 2. The second-order valence-corrected chi connectivity index (χ2v) is 8.64. The van der Waals surface area contributed by atoms with E-state index in [4.69, 9.17) is 15.9 Å². The first-order chi connectivity index (χ1) is 18.1. The second kappa shape index (κ2) is 11.0. The molecule has 0 bridgehead atoms. The third-order valence-electron chi connectivity index (χ3n) is 6.07. The first-order valence-corrected chi connectivity index (χ1v) is 12.0. The van der Waals surface area contributed by atoms with Gasteiger partial charge < -0.3 is 31.5 Å². The number of aromatic nitrogens is 3. The first-order valence-electron chi connectivity index (χ1n) is 12.0. The molecule has 10 heteroatoms. The highest BCUT2D eigenvalue weighted by atomic mass is 16.5. The lowest BCUT2D eigenvalue weighted by molar-refractivity contribution is 0.0342. The second-order valence-electron chi connectivity index (χ2n) is 8.64. The summed E-state index contributed by atoms with van der Waals surface area (Å²) < 4.78 is 5.43. The van der Waals surface area contributed by atoms with Gasteiger partial charge in [-0.15, -0.1) is 0 Å². The van der Waals surface area contributed by atoms with E-state index in [1.54, 1.807) is 12.1 Å². The Morgan fingerprint density at radius 3 is 2.73 bits per heavy atom. The Morgan fingerprint density at radius 2 is 1.95 bits per heavy atom. The molecule has 0 radical (unpaired) electrons. The summed E-state index contributed by atoms with van der Waals surface area (Å²) in [7, 11) is 0. The molecule has 4 aromatic rings. The van der Waals surface area contributed by atoms with Gasteiger partial charge in [0.1, 0.15) is 5.70 Å². The number of nitrogens with one attached hydrogen (secondary N) is 4. The lowest BCUT2D eigenvalue weighted by atomic mass is 10.2. The number of nitrogens with zero attached hydrogens (tertiary/aromatic N) is 3. The number of para-hydroxylation sites is 1. The molecule has 0 saturated carbocycles. The minimum Gasteiger partial charge on any atom is -0.394 e. The Bertz CT molecular complexity index is 1440. The monoisotopic (exact) mass is 496 g/mol. The number of fused-ring (bicyclic) bond motifs is 1. The van der Waals surface area contributed by atoms with Crippen LogP contribution in [0.5, 0.6) is 0 Å². The number of pyridine rings is 1. The third kappa shape index (κ3) is 5.66. The maximum Gasteiger partial charge on any atom is 0.276 e. The standard InChI is InChI=1S/C27H28N8O2/c28-16-23(34-27(36)25-21(7-4-10-30-25)31-19-5-2-1-3-6-19)24(29)26-32-20-9-8-18(15-22(20)33-26)17-35-11-13-37-14-12-35/h1-10,15-16,28,31H,11-14,17,29H2,(H,32,33)(H,34,36). The smallest absolute Gasteiger partial charge is 0.276 e. The van der Waals surface area contributed by atoms with Gasteiger partial charge in [0, 0.05) is 37.7 Å². The third-order valence-corrected chi connectivity index (χ3v) is 6.07. The van der Waals surface area contributed by atoms with E-state index in [1.807, 2.05) is 48.5 Å². The summed E-state index contributed by atoms with van der Waals surface area (Å²) >= 11 is 0. The molecular weight excluding hydrogens is 468 g/mol. The van der Waals surface area contributed by atoms with Gasteiger partial charge in [0.05, 0.1) is 35.6 Å². The highest BCUT2D eigenvalue weighted by Crippen LogP contribution is 2.21. The van der Waals surface area contributed by atoms with E-state index in [1.165, 1.54) is 6.20 Å². The molecule has 0 atom stereocenters. The van der Waals surface area contributed by atoms with Crippen LogP contribution in [0, 0.1) is 5.41 Å². The van der Waals surface area contributed by atoms with Crippen molar-refractivity contribution in [3.63, 3.8) is 0 Å². The molecule has 1 fully saturated rings. The van der Waals surface area contributed by atoms with Crippen molar-refractivity contribution in [3.05, 3.63) is 89.6 Å². The van der Waals surface area contributed by atoms with Crippen molar-refractivity contribution in [2.45, 2.75) is 6.54 Å². The number of imidazole rings is 1. The zero-order valence-corrected chi connectivity index (χ0v) is 20.2. The van der Waals surface area contributed by atoms with Crippen LogP contribution in [-0.4, -0.2) is 58.3 Å². The Morgan fingerprint density at radius 1 is 1.14 bits per heavy atom. The fourth-order valence-electron chi connectivity index (χ4n) is 4.15. The average Bonchev–Trinajstić information content (AvgIpc) is 3.36. The molecule has 2 aromatic carbocycles. The normalized spacial score (nSPS) is 14.7. The van der Waals surface area contributed by atoms with Crippen molar-refractivity contribution < 1.29 is 9.53 Å². The van der Waals surface area contributed by atoms with Crippen LogP contribution in [0.2, 0.25) is 0 Å². The molecule has 2 aromatic heterocycles. The van der Waals surface area contributed by atoms with Gasteiger partial charge in [-0.1, -0.05) is 24.3 Å². The van der Waals surface area contributed by atoms with Crippen LogP contribution in [0.15, 0.2) is 72.6 Å². The van der Waals surface area contributed by atoms with Crippen molar-refractivity contribution in [2.75, 3.05) is 31.6 Å². The molecule has 1 aliphatic rings. The Labute approximate surface area is 214 Å². The number of H-pyrrole nitrogens is 1. The molecule has 0 unspecified atom stereocenters. The van der Waals surface area contributed by atoms with E-state index in [2.05, 4.69) is 30.5 Å². The number of allylic oxidation sites excluding steroid dienone is 1. The number of ether oxygens (including phenoxy) is 1. The van der Waals surface area contributed by atoms with Crippen molar-refractivity contribution in [1.29, 1.82) is 5.41 Å². The van der Waals surface area contributed by atoms with Gasteiger partial charge in [-0.2, -0.15) is 0 Å². The van der Waals surface area contributed by atoms with Crippen LogP contribution in [0.4, 0.5) is 11.4 Å². The van der Waals surface area contributed by atoms with Crippen LogP contribution in [0.25, 0.3) is 16.7 Å². The highest BCUT2D eigenvalue weighted by molar-refractivity contribution is 6.03. The number of morpholine rings is 1. The van der Waals surface area contributed by atoms with E-state index in [0.29, 0.717) is 11.5 Å². The van der Waals surface area contributed by atoms with Gasteiger partial charge in [0.15, 0.2) is 11.5 Å². The summed E-state index contributed by atoms with van der Waals surface area (Å²) in [6.45, 7) is 4.13. The molecule has 3 heterocycles. The van der Waals surface area contributed by atoms with Crippen LogP contribution >= 0.6 is 0 Å². The fraction of sp³-hybridized carbons (Fsp3) is 0.185. The summed E-state index contributed by atoms with van der Waals surface area (Å²) in [4.78, 5) is 27.5. The van der Waals surface area contributed by atoms with Crippen molar-refractivity contribution in [1.82, 2.24) is 25.2 Å². The highest BCUT2D eigenvalue weighted by Gasteiger charge is 2.18. The number of carbonyl (C=O) groups is 1. The van der Waals surface area contributed by atoms with E-state index >= 15 is 0 Å². The van der Waals surface area contributed by atoms with Gasteiger partial charge in [-0.3, -0.25) is 9.69 Å². The maximum atomic E-state index is 13.1. The molecule has 0 spiro atoms. The summed E-state index contributed by atoms with van der Waals surface area (Å²) in [5.74, 6) is -0.120. The summed E-state index contributed by atoms with van der Waals surface area (Å²) in [5.41, 5.74) is 10.9. The van der Waals surface area contributed by atoms with Gasteiger partial charge in [-0.05, 0) is 42.0 Å². The molecule has 1 aliphatic heterocycles. The van der Waals surface area contributed by atoms with Crippen molar-refractivity contribution in [2.24, 2.45) is 5.73 Å². The average molecular weight is 497 g/mol. The van der Waals surface area contributed by atoms with Crippen molar-refractivity contribution >= 4 is 40.2 Å². The molecule has 10 nitrogen and oxygen atoms in total. The molecular formula is C27H28N8O2. The maximum absolute atomic E-state index is 13.1. The number of anilines is 2. The van der Waals surface area contributed by atoms with E-state index in [0.717, 1.165) is 61.3 Å². The van der Waals surface area contributed by atoms with Crippen LogP contribution in [0.3, 0.4) is 0 Å². The van der Waals surface area contributed by atoms with E-state index in [-0.39, 0.29) is 17.1 Å². The zero-order valence-electron chi connectivity index (χ0n) is 20.2. The number of aromatic amines is 1. The molecule has 1 saturated heterocycles. The lowest BCUT2D eigenvalue weighted by Crippen LogP contribution is -2.35. The SMILES string of the molecule is N=CC(NC(=O)c1ncccc1Nc1ccccc1)=C(N)c1nc2ccc(CN3CCOCC3)cc2[nH]1. The van der Waals surface area contributed by atoms with Crippen LogP contribution in [0.1, 0.15) is 21.9 Å². The Kier molecular flexibility index (Phi) is 7.20.